The van der Waals surface area contributed by atoms with Crippen molar-refractivity contribution < 1.29 is 9.15 Å². The fourth-order valence-electron chi connectivity index (χ4n) is 1.75. The molecule has 1 aromatic heterocycles. The summed E-state index contributed by atoms with van der Waals surface area (Å²) in [5.74, 6) is 0.0999. The molecule has 0 aliphatic rings. The zero-order valence-electron chi connectivity index (χ0n) is 10.9. The molecule has 0 aliphatic carbocycles. The molecule has 20 heavy (non-hydrogen) atoms. The van der Waals surface area contributed by atoms with E-state index >= 15 is 0 Å². The smallest absolute Gasteiger partial charge is 0.346 e. The summed E-state index contributed by atoms with van der Waals surface area (Å²) in [5.41, 5.74) is 11.0. The van der Waals surface area contributed by atoms with Gasteiger partial charge in [-0.25, -0.2) is 4.79 Å². The number of nitrogens with one attached hydrogen (secondary N) is 1. The molecule has 0 bridgehead atoms. The lowest BCUT2D eigenvalue weighted by atomic mass is 10.2. The van der Waals surface area contributed by atoms with Crippen LogP contribution in [0.5, 0.6) is 5.95 Å². The molecule has 6 nitrogen and oxygen atoms in total. The van der Waals surface area contributed by atoms with Gasteiger partial charge in [-0.3, -0.25) is 0 Å². The standard InChI is InChI=1S/C13H15N3O3S/c1-2-10(16-13(15)20)18-11-5-7-3-4-8(14)6-9(7)12(17)19-11/h3-6,10H,2,14H2,1H3,(H3,15,16,20). The molecule has 0 saturated carbocycles. The van der Waals surface area contributed by atoms with E-state index in [1.165, 1.54) is 0 Å². The number of hydrogen-bond donors (Lipinski definition) is 3. The minimum absolute atomic E-state index is 0.0999. The van der Waals surface area contributed by atoms with E-state index in [9.17, 15) is 4.79 Å². The van der Waals surface area contributed by atoms with Crippen LogP contribution in [-0.2, 0) is 0 Å². The van der Waals surface area contributed by atoms with Crippen molar-refractivity contribution in [1.82, 2.24) is 5.32 Å². The predicted octanol–water partition coefficient (Wildman–Crippen LogP) is 1.32. The SMILES string of the molecule is CCC(NC(N)=S)Oc1cc2ccc(N)cc2c(=O)o1. The van der Waals surface area contributed by atoms with Crippen molar-refractivity contribution in [3.8, 4) is 5.95 Å². The number of thiocarbonyl (C=S) groups is 1. The largest absolute Gasteiger partial charge is 0.441 e. The molecule has 1 aromatic carbocycles. The van der Waals surface area contributed by atoms with Crippen LogP contribution in [0.15, 0.2) is 33.5 Å². The fourth-order valence-corrected chi connectivity index (χ4v) is 1.88. The number of fused-ring (bicyclic) bond motifs is 1. The van der Waals surface area contributed by atoms with E-state index in [1.54, 1.807) is 24.3 Å². The Hall–Kier alpha value is -2.28. The van der Waals surface area contributed by atoms with Crippen molar-refractivity contribution in [3.63, 3.8) is 0 Å². The van der Waals surface area contributed by atoms with Crippen LogP contribution >= 0.6 is 12.2 Å². The summed E-state index contributed by atoms with van der Waals surface area (Å²) in [6, 6.07) is 6.63. The summed E-state index contributed by atoms with van der Waals surface area (Å²) in [7, 11) is 0. The number of hydrogen-bond acceptors (Lipinski definition) is 5. The van der Waals surface area contributed by atoms with E-state index in [2.05, 4.69) is 5.32 Å². The molecule has 2 aromatic rings. The quantitative estimate of drug-likeness (QED) is 0.444. The Morgan fingerprint density at radius 1 is 1.50 bits per heavy atom. The Bertz CT molecular complexity index is 699. The average Bonchev–Trinajstić information content (AvgIpc) is 2.38. The van der Waals surface area contributed by atoms with Crippen molar-refractivity contribution in [2.75, 3.05) is 5.73 Å². The van der Waals surface area contributed by atoms with E-state index in [0.717, 1.165) is 0 Å². The highest BCUT2D eigenvalue weighted by Crippen LogP contribution is 2.20. The highest BCUT2D eigenvalue weighted by molar-refractivity contribution is 7.80. The van der Waals surface area contributed by atoms with Crippen molar-refractivity contribution in [2.45, 2.75) is 19.6 Å². The molecule has 0 saturated heterocycles. The second-order valence-electron chi connectivity index (χ2n) is 4.22. The van der Waals surface area contributed by atoms with Crippen LogP contribution in [-0.4, -0.2) is 11.3 Å². The molecule has 2 rings (SSSR count). The fraction of sp³-hybridized carbons (Fsp3) is 0.231. The van der Waals surface area contributed by atoms with Gasteiger partial charge < -0.3 is 25.9 Å². The van der Waals surface area contributed by atoms with E-state index in [0.29, 0.717) is 22.9 Å². The van der Waals surface area contributed by atoms with Gasteiger partial charge in [-0.15, -0.1) is 0 Å². The zero-order chi connectivity index (χ0) is 14.7. The Kier molecular flexibility index (Phi) is 4.09. The number of ether oxygens (including phenoxy) is 1. The van der Waals surface area contributed by atoms with Crippen LogP contribution in [0.3, 0.4) is 0 Å². The van der Waals surface area contributed by atoms with Gasteiger partial charge in [0.2, 0.25) is 0 Å². The maximum Gasteiger partial charge on any atom is 0.346 e. The van der Waals surface area contributed by atoms with Gasteiger partial charge in [0, 0.05) is 18.2 Å². The van der Waals surface area contributed by atoms with Gasteiger partial charge in [0.1, 0.15) is 0 Å². The Balaban J connectivity index is 2.34. The number of nitrogen functional groups attached to an aromatic ring is 1. The molecule has 0 aliphatic heterocycles. The number of benzene rings is 1. The molecular weight excluding hydrogens is 278 g/mol. The van der Waals surface area contributed by atoms with Gasteiger partial charge in [0.25, 0.3) is 5.95 Å². The molecule has 0 radical (unpaired) electrons. The first kappa shape index (κ1) is 14.1. The normalized spacial score (nSPS) is 12.1. The molecule has 5 N–H and O–H groups in total. The van der Waals surface area contributed by atoms with E-state index in [-0.39, 0.29) is 11.1 Å². The average molecular weight is 293 g/mol. The Morgan fingerprint density at radius 2 is 2.25 bits per heavy atom. The first-order valence-electron chi connectivity index (χ1n) is 6.05. The van der Waals surface area contributed by atoms with Gasteiger partial charge in [0.05, 0.1) is 5.39 Å². The van der Waals surface area contributed by atoms with Gasteiger partial charge >= 0.3 is 5.63 Å². The summed E-state index contributed by atoms with van der Waals surface area (Å²) >= 11 is 4.75. The number of rotatable bonds is 4. The molecule has 7 heteroatoms. The van der Waals surface area contributed by atoms with Crippen LogP contribution < -0.4 is 27.1 Å². The topological polar surface area (TPSA) is 104 Å². The maximum absolute atomic E-state index is 11.9. The van der Waals surface area contributed by atoms with E-state index in [1.807, 2.05) is 6.92 Å². The van der Waals surface area contributed by atoms with Crippen molar-refractivity contribution in [3.05, 3.63) is 34.7 Å². The lowest BCUT2D eigenvalue weighted by Gasteiger charge is -2.17. The van der Waals surface area contributed by atoms with Crippen molar-refractivity contribution in [2.24, 2.45) is 5.73 Å². The highest BCUT2D eigenvalue weighted by Gasteiger charge is 2.12. The number of anilines is 1. The molecular formula is C13H15N3O3S. The zero-order valence-corrected chi connectivity index (χ0v) is 11.7. The molecule has 1 unspecified atom stereocenters. The summed E-state index contributed by atoms with van der Waals surface area (Å²) in [6.07, 6.45) is 0.141. The molecule has 0 spiro atoms. The van der Waals surface area contributed by atoms with Gasteiger partial charge in [-0.05, 0) is 29.7 Å². The minimum atomic E-state index is -0.505. The van der Waals surface area contributed by atoms with Crippen LogP contribution in [0.2, 0.25) is 0 Å². The Labute approximate surface area is 120 Å². The summed E-state index contributed by atoms with van der Waals surface area (Å²) in [6.45, 7) is 1.88. The van der Waals surface area contributed by atoms with Crippen LogP contribution in [0.25, 0.3) is 10.8 Å². The van der Waals surface area contributed by atoms with Crippen molar-refractivity contribution in [1.29, 1.82) is 0 Å². The second-order valence-corrected chi connectivity index (χ2v) is 4.66. The number of nitrogens with two attached hydrogens (primary N) is 2. The minimum Gasteiger partial charge on any atom is -0.441 e. The third kappa shape index (κ3) is 3.18. The Morgan fingerprint density at radius 3 is 2.90 bits per heavy atom. The molecule has 1 atom stereocenters. The summed E-state index contributed by atoms with van der Waals surface area (Å²) in [5, 5.41) is 3.98. The lowest BCUT2D eigenvalue weighted by molar-refractivity contribution is 0.135. The lowest BCUT2D eigenvalue weighted by Crippen LogP contribution is -2.41. The third-order valence-electron chi connectivity index (χ3n) is 2.70. The predicted molar refractivity (Wildman–Crippen MR) is 81.5 cm³/mol. The van der Waals surface area contributed by atoms with E-state index in [4.69, 9.17) is 32.8 Å². The molecule has 106 valence electrons. The van der Waals surface area contributed by atoms with Crippen LogP contribution in [0.4, 0.5) is 5.69 Å². The molecule has 1 heterocycles. The van der Waals surface area contributed by atoms with Crippen molar-refractivity contribution >= 4 is 33.8 Å². The maximum atomic E-state index is 11.9. The highest BCUT2D eigenvalue weighted by atomic mass is 32.1. The van der Waals surface area contributed by atoms with Gasteiger partial charge in [-0.2, -0.15) is 0 Å². The first-order valence-corrected chi connectivity index (χ1v) is 6.46. The first-order chi connectivity index (χ1) is 9.49. The monoisotopic (exact) mass is 293 g/mol. The van der Waals surface area contributed by atoms with Gasteiger partial charge in [-0.1, -0.05) is 13.0 Å². The van der Waals surface area contributed by atoms with Crippen LogP contribution in [0, 0.1) is 0 Å². The van der Waals surface area contributed by atoms with Gasteiger partial charge in [0.15, 0.2) is 11.3 Å². The second kappa shape index (κ2) is 5.79. The summed E-state index contributed by atoms with van der Waals surface area (Å²) in [4.78, 5) is 11.9. The molecule has 0 amide bonds. The third-order valence-corrected chi connectivity index (χ3v) is 2.81. The molecule has 0 fully saturated rings. The van der Waals surface area contributed by atoms with Crippen LogP contribution in [0.1, 0.15) is 13.3 Å². The summed E-state index contributed by atoms with van der Waals surface area (Å²) < 4.78 is 10.6. The van der Waals surface area contributed by atoms with E-state index < -0.39 is 11.9 Å².